The molecule has 0 atom stereocenters. The van der Waals surface area contributed by atoms with Crippen LogP contribution in [0.2, 0.25) is 0 Å². The number of carbonyl (C=O) groups excluding carboxylic acids is 1. The first-order valence-corrected chi connectivity index (χ1v) is 13.0. The molecule has 7 rings (SSSR count). The highest BCUT2D eigenvalue weighted by Crippen LogP contribution is 2.39. The smallest absolute Gasteiger partial charge is 0.270 e. The summed E-state index contributed by atoms with van der Waals surface area (Å²) in [4.78, 5) is 26.2. The fourth-order valence-corrected chi connectivity index (χ4v) is 6.05. The van der Waals surface area contributed by atoms with Crippen LogP contribution in [0.15, 0.2) is 36.4 Å². The zero-order valence-electron chi connectivity index (χ0n) is 20.8. The number of pyridine rings is 1. The molecule has 7 nitrogen and oxygen atoms in total. The molecule has 1 aliphatic carbocycles. The van der Waals surface area contributed by atoms with Crippen LogP contribution >= 0.6 is 0 Å². The molecule has 0 unspecified atom stereocenters. The molecule has 0 spiro atoms. The minimum atomic E-state index is 0.0923. The lowest BCUT2D eigenvalue weighted by Gasteiger charge is -2.32. The number of aromatic amines is 2. The standard InChI is InChI=1S/C29H30N6O/c1-17-21-15-18(7-8-24(21)33-32-17)28-20-6-4-3-5-19(20)27-22-16-26(30-23(22)9-10-25(27)31-28)29(36)35-13-11-34(2)12-14-35/h7-10,15-16,30H,3-6,11-14H2,1-2H3,(H,32,33). The minimum absolute atomic E-state index is 0.0923. The Morgan fingerprint density at radius 2 is 1.69 bits per heavy atom. The predicted molar refractivity (Wildman–Crippen MR) is 143 cm³/mol. The van der Waals surface area contributed by atoms with Crippen molar-refractivity contribution in [1.29, 1.82) is 0 Å². The summed E-state index contributed by atoms with van der Waals surface area (Å²) in [6.45, 7) is 5.43. The van der Waals surface area contributed by atoms with E-state index in [4.69, 9.17) is 4.98 Å². The SMILES string of the molecule is Cc1[nH]nc2ccc(-c3nc4ccc5[nH]c(C(=O)N6CCN(C)CC6)cc5c4c4c3CCCC4)cc12. The summed E-state index contributed by atoms with van der Waals surface area (Å²) in [5.41, 5.74) is 9.73. The van der Waals surface area contributed by atoms with Crippen LogP contribution < -0.4 is 0 Å². The van der Waals surface area contributed by atoms with Crippen LogP contribution in [0.5, 0.6) is 0 Å². The second kappa shape index (κ2) is 8.17. The largest absolute Gasteiger partial charge is 0.351 e. The number of hydrogen-bond acceptors (Lipinski definition) is 4. The van der Waals surface area contributed by atoms with Crippen LogP contribution in [-0.2, 0) is 12.8 Å². The predicted octanol–water partition coefficient (Wildman–Crippen LogP) is 4.83. The number of aromatic nitrogens is 4. The van der Waals surface area contributed by atoms with Gasteiger partial charge in [-0.1, -0.05) is 6.07 Å². The van der Waals surface area contributed by atoms with Gasteiger partial charge in [0.15, 0.2) is 0 Å². The van der Waals surface area contributed by atoms with Gasteiger partial charge in [-0.3, -0.25) is 9.89 Å². The van der Waals surface area contributed by atoms with Crippen molar-refractivity contribution in [2.24, 2.45) is 0 Å². The summed E-state index contributed by atoms with van der Waals surface area (Å²) in [7, 11) is 2.11. The van der Waals surface area contributed by atoms with E-state index in [0.717, 1.165) is 83.3 Å². The Morgan fingerprint density at radius 1 is 0.917 bits per heavy atom. The molecule has 1 aliphatic heterocycles. The second-order valence-electron chi connectivity index (χ2n) is 10.4. The molecule has 1 amide bonds. The number of likely N-dealkylation sites (N-methyl/N-ethyl adjacent to an activating group) is 1. The lowest BCUT2D eigenvalue weighted by Crippen LogP contribution is -2.47. The molecule has 3 aromatic heterocycles. The Balaban J connectivity index is 1.39. The highest BCUT2D eigenvalue weighted by atomic mass is 16.2. The first-order chi connectivity index (χ1) is 17.6. The number of fused-ring (bicyclic) bond motifs is 6. The van der Waals surface area contributed by atoms with Gasteiger partial charge in [0.1, 0.15) is 5.69 Å². The van der Waals surface area contributed by atoms with Crippen LogP contribution in [0, 0.1) is 6.92 Å². The number of piperazine rings is 1. The van der Waals surface area contributed by atoms with E-state index in [9.17, 15) is 4.79 Å². The Morgan fingerprint density at radius 3 is 2.53 bits per heavy atom. The molecule has 4 heterocycles. The molecular formula is C29H30N6O. The van der Waals surface area contributed by atoms with Crippen LogP contribution in [0.25, 0.3) is 44.0 Å². The van der Waals surface area contributed by atoms with Gasteiger partial charge in [-0.15, -0.1) is 0 Å². The number of amides is 1. The van der Waals surface area contributed by atoms with Crippen LogP contribution in [-0.4, -0.2) is 69.1 Å². The number of carbonyl (C=O) groups is 1. The third-order valence-corrected chi connectivity index (χ3v) is 8.11. The van der Waals surface area contributed by atoms with Gasteiger partial charge < -0.3 is 14.8 Å². The molecule has 5 aromatic rings. The van der Waals surface area contributed by atoms with Crippen molar-refractivity contribution in [2.75, 3.05) is 33.2 Å². The molecule has 1 saturated heterocycles. The number of aryl methyl sites for hydroxylation is 2. The Bertz CT molecular complexity index is 1650. The van der Waals surface area contributed by atoms with Crippen molar-refractivity contribution in [1.82, 2.24) is 30.0 Å². The molecular weight excluding hydrogens is 448 g/mol. The fourth-order valence-electron chi connectivity index (χ4n) is 6.05. The molecule has 0 radical (unpaired) electrons. The summed E-state index contributed by atoms with van der Waals surface area (Å²) < 4.78 is 0. The Labute approximate surface area is 209 Å². The van der Waals surface area contributed by atoms with Gasteiger partial charge in [-0.05, 0) is 81.1 Å². The van der Waals surface area contributed by atoms with E-state index in [0.29, 0.717) is 5.69 Å². The fraction of sp³-hybridized carbons (Fsp3) is 0.345. The van der Waals surface area contributed by atoms with Gasteiger partial charge in [0.2, 0.25) is 0 Å². The van der Waals surface area contributed by atoms with Gasteiger partial charge in [0, 0.05) is 59.1 Å². The monoisotopic (exact) mass is 478 g/mol. The number of nitrogens with zero attached hydrogens (tertiary/aromatic N) is 4. The van der Waals surface area contributed by atoms with Crippen molar-refractivity contribution >= 4 is 38.6 Å². The molecule has 2 aliphatic rings. The van der Waals surface area contributed by atoms with E-state index in [2.05, 4.69) is 70.5 Å². The normalized spacial score (nSPS) is 16.8. The van der Waals surface area contributed by atoms with Gasteiger partial charge >= 0.3 is 0 Å². The molecule has 182 valence electrons. The van der Waals surface area contributed by atoms with E-state index in [1.54, 1.807) is 0 Å². The lowest BCUT2D eigenvalue weighted by molar-refractivity contribution is 0.0659. The van der Waals surface area contributed by atoms with E-state index in [-0.39, 0.29) is 5.91 Å². The van der Waals surface area contributed by atoms with Crippen LogP contribution in [0.3, 0.4) is 0 Å². The average molecular weight is 479 g/mol. The number of benzene rings is 2. The van der Waals surface area contributed by atoms with E-state index in [1.807, 2.05) is 4.90 Å². The van der Waals surface area contributed by atoms with E-state index < -0.39 is 0 Å². The topological polar surface area (TPSA) is 80.9 Å². The summed E-state index contributed by atoms with van der Waals surface area (Å²) in [6, 6.07) is 12.7. The van der Waals surface area contributed by atoms with Crippen molar-refractivity contribution in [3.05, 3.63) is 58.9 Å². The summed E-state index contributed by atoms with van der Waals surface area (Å²) in [5.74, 6) is 0.0923. The number of H-pyrrole nitrogens is 2. The molecule has 2 aromatic carbocycles. The van der Waals surface area contributed by atoms with Crippen LogP contribution in [0.4, 0.5) is 0 Å². The second-order valence-corrected chi connectivity index (χ2v) is 10.4. The zero-order chi connectivity index (χ0) is 24.4. The number of nitrogens with one attached hydrogen (secondary N) is 2. The maximum atomic E-state index is 13.3. The Kier molecular flexibility index (Phi) is 4.89. The zero-order valence-corrected chi connectivity index (χ0v) is 20.8. The van der Waals surface area contributed by atoms with Crippen molar-refractivity contribution in [3.8, 4) is 11.3 Å². The maximum absolute atomic E-state index is 13.3. The van der Waals surface area contributed by atoms with E-state index >= 15 is 0 Å². The summed E-state index contributed by atoms with van der Waals surface area (Å²) in [6.07, 6.45) is 4.43. The first kappa shape index (κ1) is 21.6. The average Bonchev–Trinajstić information content (AvgIpc) is 3.51. The van der Waals surface area contributed by atoms with Crippen molar-refractivity contribution in [3.63, 3.8) is 0 Å². The van der Waals surface area contributed by atoms with E-state index in [1.165, 1.54) is 29.4 Å². The molecule has 0 saturated carbocycles. The quantitative estimate of drug-likeness (QED) is 0.381. The molecule has 1 fully saturated rings. The number of hydrogen-bond donors (Lipinski definition) is 2. The highest BCUT2D eigenvalue weighted by Gasteiger charge is 2.25. The third-order valence-electron chi connectivity index (χ3n) is 8.11. The first-order valence-electron chi connectivity index (χ1n) is 13.0. The lowest BCUT2D eigenvalue weighted by atomic mass is 9.85. The molecule has 2 N–H and O–H groups in total. The van der Waals surface area contributed by atoms with Gasteiger partial charge in [-0.2, -0.15) is 5.10 Å². The van der Waals surface area contributed by atoms with Gasteiger partial charge in [0.25, 0.3) is 5.91 Å². The summed E-state index contributed by atoms with van der Waals surface area (Å²) >= 11 is 0. The highest BCUT2D eigenvalue weighted by molar-refractivity contribution is 6.11. The summed E-state index contributed by atoms with van der Waals surface area (Å²) in [5, 5.41) is 11.0. The molecule has 36 heavy (non-hydrogen) atoms. The molecule has 7 heteroatoms. The minimum Gasteiger partial charge on any atom is -0.351 e. The third kappa shape index (κ3) is 3.33. The van der Waals surface area contributed by atoms with Crippen molar-refractivity contribution in [2.45, 2.75) is 32.6 Å². The van der Waals surface area contributed by atoms with Gasteiger partial charge in [0.05, 0.1) is 16.7 Å². The van der Waals surface area contributed by atoms with Crippen LogP contribution in [0.1, 0.15) is 40.2 Å². The number of rotatable bonds is 2. The van der Waals surface area contributed by atoms with Crippen molar-refractivity contribution < 1.29 is 4.79 Å². The molecule has 0 bridgehead atoms. The maximum Gasteiger partial charge on any atom is 0.270 e. The Hall–Kier alpha value is -3.71. The van der Waals surface area contributed by atoms with Gasteiger partial charge in [-0.25, -0.2) is 4.98 Å².